The molecule has 2 aromatic rings. The number of nitrogens with zero attached hydrogens (tertiary/aromatic N) is 2. The Hall–Kier alpha value is -2.15. The second kappa shape index (κ2) is 9.69. The molecule has 3 rings (SSSR count). The first-order chi connectivity index (χ1) is 13.2. The normalized spacial score (nSPS) is 19.4. The van der Waals surface area contributed by atoms with E-state index in [0.29, 0.717) is 39.5 Å². The minimum absolute atomic E-state index is 0.558. The Kier molecular flexibility index (Phi) is 7.04. The molecule has 146 valence electrons. The van der Waals surface area contributed by atoms with Gasteiger partial charge in [-0.05, 0) is 43.2 Å². The topological polar surface area (TPSA) is 66.8 Å². The van der Waals surface area contributed by atoms with Crippen LogP contribution >= 0.6 is 0 Å². The van der Waals surface area contributed by atoms with Crippen molar-refractivity contribution in [2.45, 2.75) is 25.5 Å². The summed E-state index contributed by atoms with van der Waals surface area (Å²) in [4.78, 5) is 6.50. The zero-order valence-electron chi connectivity index (χ0n) is 15.9. The fraction of sp³-hybridized carbons (Fsp3) is 0.476. The van der Waals surface area contributed by atoms with Gasteiger partial charge in [-0.15, -0.1) is 0 Å². The van der Waals surface area contributed by atoms with E-state index in [1.807, 2.05) is 49.4 Å². The summed E-state index contributed by atoms with van der Waals surface area (Å²) >= 11 is 0. The summed E-state index contributed by atoms with van der Waals surface area (Å²) < 4.78 is 10.9. The average Bonchev–Trinajstić information content (AvgIpc) is 3.09. The number of aromatic nitrogens is 1. The molecule has 2 N–H and O–H groups in total. The van der Waals surface area contributed by atoms with E-state index in [-0.39, 0.29) is 0 Å². The molecule has 0 saturated carbocycles. The molecular formula is C21H29N3O3. The molecule has 1 aliphatic rings. The van der Waals surface area contributed by atoms with Gasteiger partial charge in [0, 0.05) is 39.0 Å². The molecule has 0 spiro atoms. The van der Waals surface area contributed by atoms with Crippen molar-refractivity contribution in [3.8, 4) is 5.75 Å². The van der Waals surface area contributed by atoms with Gasteiger partial charge in [-0.25, -0.2) is 4.98 Å². The van der Waals surface area contributed by atoms with Crippen LogP contribution in [0.25, 0.3) is 0 Å². The van der Waals surface area contributed by atoms with Crippen molar-refractivity contribution in [1.82, 2.24) is 10.3 Å². The predicted molar refractivity (Wildman–Crippen MR) is 106 cm³/mol. The first-order valence-electron chi connectivity index (χ1n) is 9.57. The largest absolute Gasteiger partial charge is 0.491 e. The van der Waals surface area contributed by atoms with Crippen LogP contribution < -0.4 is 15.0 Å². The van der Waals surface area contributed by atoms with Crippen LogP contribution in [0.3, 0.4) is 0 Å². The number of hydrogen-bond acceptors (Lipinski definition) is 6. The third kappa shape index (κ3) is 5.92. The van der Waals surface area contributed by atoms with Gasteiger partial charge in [0.15, 0.2) is 0 Å². The molecule has 1 fully saturated rings. The fourth-order valence-electron chi connectivity index (χ4n) is 3.24. The first-order valence-corrected chi connectivity index (χ1v) is 9.57. The van der Waals surface area contributed by atoms with Crippen molar-refractivity contribution in [3.63, 3.8) is 0 Å². The maximum Gasteiger partial charge on any atom is 0.128 e. The smallest absolute Gasteiger partial charge is 0.128 e. The predicted octanol–water partition coefficient (Wildman–Crippen LogP) is 2.23. The lowest BCUT2D eigenvalue weighted by molar-refractivity contribution is 0.0626. The molecule has 0 amide bonds. The summed E-state index contributed by atoms with van der Waals surface area (Å²) in [5.74, 6) is 1.77. The highest BCUT2D eigenvalue weighted by Crippen LogP contribution is 2.25. The fourth-order valence-corrected chi connectivity index (χ4v) is 3.24. The molecule has 0 bridgehead atoms. The van der Waals surface area contributed by atoms with E-state index in [9.17, 15) is 5.11 Å². The second-order valence-corrected chi connectivity index (χ2v) is 6.88. The number of hydrogen-bond donors (Lipinski definition) is 2. The van der Waals surface area contributed by atoms with Crippen LogP contribution in [0.1, 0.15) is 18.9 Å². The van der Waals surface area contributed by atoms with Crippen molar-refractivity contribution in [2.75, 3.05) is 44.4 Å². The molecule has 6 nitrogen and oxygen atoms in total. The minimum atomic E-state index is -0.722. The van der Waals surface area contributed by atoms with E-state index in [0.717, 1.165) is 30.1 Å². The molecule has 0 aliphatic carbocycles. The maximum atomic E-state index is 10.8. The Labute approximate surface area is 161 Å². The van der Waals surface area contributed by atoms with E-state index in [2.05, 4.69) is 15.2 Å². The van der Waals surface area contributed by atoms with Gasteiger partial charge in [-0.3, -0.25) is 0 Å². The molecule has 2 heterocycles. The Bertz CT molecular complexity index is 681. The number of benzene rings is 1. The van der Waals surface area contributed by atoms with E-state index >= 15 is 0 Å². The van der Waals surface area contributed by atoms with Gasteiger partial charge in [0.05, 0.1) is 12.2 Å². The van der Waals surface area contributed by atoms with Gasteiger partial charge < -0.3 is 24.8 Å². The van der Waals surface area contributed by atoms with Crippen LogP contribution in [0.5, 0.6) is 5.75 Å². The molecule has 0 radical (unpaired) electrons. The number of pyridine rings is 1. The highest BCUT2D eigenvalue weighted by molar-refractivity contribution is 5.40. The van der Waals surface area contributed by atoms with Crippen molar-refractivity contribution in [1.29, 1.82) is 0 Å². The summed E-state index contributed by atoms with van der Waals surface area (Å²) in [6.45, 7) is 6.54. The summed E-state index contributed by atoms with van der Waals surface area (Å²) in [5.41, 5.74) is 0.440. The van der Waals surface area contributed by atoms with Crippen molar-refractivity contribution >= 4 is 5.82 Å². The van der Waals surface area contributed by atoms with Gasteiger partial charge >= 0.3 is 0 Å². The molecule has 27 heavy (non-hydrogen) atoms. The third-order valence-electron chi connectivity index (χ3n) is 4.71. The van der Waals surface area contributed by atoms with Gasteiger partial charge in [0.2, 0.25) is 0 Å². The Morgan fingerprint density at radius 1 is 1.19 bits per heavy atom. The van der Waals surface area contributed by atoms with Crippen LogP contribution in [0.4, 0.5) is 5.82 Å². The lowest BCUT2D eigenvalue weighted by atomic mass is 10.0. The van der Waals surface area contributed by atoms with Gasteiger partial charge in [-0.1, -0.05) is 18.2 Å². The Morgan fingerprint density at radius 3 is 2.78 bits per heavy atom. The molecule has 1 aliphatic heterocycles. The quantitative estimate of drug-likeness (QED) is 0.625. The lowest BCUT2D eigenvalue weighted by Crippen LogP contribution is -2.43. The zero-order chi connectivity index (χ0) is 19.0. The Morgan fingerprint density at radius 2 is 2.04 bits per heavy atom. The molecule has 1 saturated heterocycles. The summed E-state index contributed by atoms with van der Waals surface area (Å²) in [5, 5.41) is 14.2. The molecule has 6 heteroatoms. The molecule has 1 unspecified atom stereocenters. The number of rotatable bonds is 10. The van der Waals surface area contributed by atoms with E-state index in [4.69, 9.17) is 9.47 Å². The molecule has 1 atom stereocenters. The summed E-state index contributed by atoms with van der Waals surface area (Å²) in [7, 11) is 0. The highest BCUT2D eigenvalue weighted by atomic mass is 16.5. The van der Waals surface area contributed by atoms with Gasteiger partial charge in [0.1, 0.15) is 18.2 Å². The third-order valence-corrected chi connectivity index (χ3v) is 4.71. The Balaban J connectivity index is 1.40. The van der Waals surface area contributed by atoms with E-state index < -0.39 is 5.60 Å². The van der Waals surface area contributed by atoms with Crippen LogP contribution in [-0.2, 0) is 11.3 Å². The number of β-amino-alcohol motifs (C(OH)–C–C–N with tert-alkyl or cyclic N) is 1. The van der Waals surface area contributed by atoms with E-state index in [1.54, 1.807) is 6.20 Å². The maximum absolute atomic E-state index is 10.8. The SMILES string of the molecule is CCOCCOc1ccc(CNCC2(O)CCN(c3ccccn3)C2)cc1. The van der Waals surface area contributed by atoms with Gasteiger partial charge in [-0.2, -0.15) is 0 Å². The molecule has 1 aromatic heterocycles. The number of ether oxygens (including phenoxy) is 2. The minimum Gasteiger partial charge on any atom is -0.491 e. The monoisotopic (exact) mass is 371 g/mol. The zero-order valence-corrected chi connectivity index (χ0v) is 15.9. The lowest BCUT2D eigenvalue weighted by Gasteiger charge is -2.24. The average molecular weight is 371 g/mol. The second-order valence-electron chi connectivity index (χ2n) is 6.88. The standard InChI is InChI=1S/C21H29N3O3/c1-2-26-13-14-27-19-8-6-18(7-9-19)15-22-16-21(25)10-12-24(17-21)20-5-3-4-11-23-20/h3-9,11,22,25H,2,10,12-17H2,1H3. The van der Waals surface area contributed by atoms with E-state index in [1.165, 1.54) is 0 Å². The van der Waals surface area contributed by atoms with Gasteiger partial charge in [0.25, 0.3) is 0 Å². The molecular weight excluding hydrogens is 342 g/mol. The number of anilines is 1. The first kappa shape index (κ1) is 19.6. The van der Waals surface area contributed by atoms with Crippen LogP contribution in [0, 0.1) is 0 Å². The number of nitrogens with one attached hydrogen (secondary N) is 1. The van der Waals surface area contributed by atoms with Crippen LogP contribution in [-0.4, -0.2) is 55.1 Å². The van der Waals surface area contributed by atoms with Crippen LogP contribution in [0.2, 0.25) is 0 Å². The van der Waals surface area contributed by atoms with Crippen molar-refractivity contribution in [3.05, 3.63) is 54.2 Å². The highest BCUT2D eigenvalue weighted by Gasteiger charge is 2.36. The van der Waals surface area contributed by atoms with Crippen molar-refractivity contribution < 1.29 is 14.6 Å². The molecule has 1 aromatic carbocycles. The van der Waals surface area contributed by atoms with Crippen molar-refractivity contribution in [2.24, 2.45) is 0 Å². The van der Waals surface area contributed by atoms with Crippen LogP contribution in [0.15, 0.2) is 48.7 Å². The summed E-state index contributed by atoms with van der Waals surface area (Å²) in [6, 6.07) is 13.9. The number of aliphatic hydroxyl groups is 1. The summed E-state index contributed by atoms with van der Waals surface area (Å²) in [6.07, 6.45) is 2.53.